The molecular formula is C18H18S. The Kier molecular flexibility index (Phi) is 5.05. The molecule has 0 nitrogen and oxygen atoms in total. The van der Waals surface area contributed by atoms with Gasteiger partial charge < -0.3 is 0 Å². The van der Waals surface area contributed by atoms with Gasteiger partial charge in [-0.3, -0.25) is 0 Å². The van der Waals surface area contributed by atoms with Crippen molar-refractivity contribution >= 4 is 23.9 Å². The Morgan fingerprint density at radius 1 is 0.737 bits per heavy atom. The van der Waals surface area contributed by atoms with Crippen LogP contribution >= 0.6 is 11.8 Å². The lowest BCUT2D eigenvalue weighted by atomic mass is 10.1. The van der Waals surface area contributed by atoms with Crippen molar-refractivity contribution in [1.82, 2.24) is 0 Å². The van der Waals surface area contributed by atoms with Crippen LogP contribution in [0.1, 0.15) is 22.3 Å². The van der Waals surface area contributed by atoms with E-state index in [1.54, 1.807) is 0 Å². The second-order valence-corrected chi connectivity index (χ2v) is 5.28. The Balaban J connectivity index is 2.00. The summed E-state index contributed by atoms with van der Waals surface area (Å²) in [6.07, 6.45) is 3.85. The third-order valence-electron chi connectivity index (χ3n) is 3.07. The highest BCUT2D eigenvalue weighted by atomic mass is 32.2. The summed E-state index contributed by atoms with van der Waals surface area (Å²) in [5, 5.41) is 0. The molecule has 0 radical (unpaired) electrons. The third kappa shape index (κ3) is 3.62. The fourth-order valence-corrected chi connectivity index (χ4v) is 3.07. The van der Waals surface area contributed by atoms with E-state index in [1.165, 1.54) is 22.3 Å². The maximum absolute atomic E-state index is 3.86. The highest BCUT2D eigenvalue weighted by Crippen LogP contribution is 2.23. The molecule has 0 unspecified atom stereocenters. The van der Waals surface area contributed by atoms with Gasteiger partial charge in [0.2, 0.25) is 0 Å². The summed E-state index contributed by atoms with van der Waals surface area (Å²) in [4.78, 5) is 0. The molecule has 0 amide bonds. The Morgan fingerprint density at radius 3 is 1.58 bits per heavy atom. The van der Waals surface area contributed by atoms with Gasteiger partial charge >= 0.3 is 0 Å². The molecule has 0 heterocycles. The average Bonchev–Trinajstić information content (AvgIpc) is 2.48. The van der Waals surface area contributed by atoms with Gasteiger partial charge in [0.25, 0.3) is 0 Å². The van der Waals surface area contributed by atoms with Crippen LogP contribution in [-0.4, -0.2) is 0 Å². The van der Waals surface area contributed by atoms with Crippen molar-refractivity contribution in [2.45, 2.75) is 11.5 Å². The van der Waals surface area contributed by atoms with Crippen LogP contribution in [0.2, 0.25) is 0 Å². The van der Waals surface area contributed by atoms with E-state index < -0.39 is 0 Å². The molecular weight excluding hydrogens is 248 g/mol. The van der Waals surface area contributed by atoms with Crippen LogP contribution in [0.3, 0.4) is 0 Å². The minimum atomic E-state index is 1.01. The van der Waals surface area contributed by atoms with E-state index >= 15 is 0 Å². The summed E-state index contributed by atoms with van der Waals surface area (Å²) < 4.78 is 0. The molecule has 0 fully saturated rings. The Hall–Kier alpha value is -1.73. The standard InChI is InChI=1S/C18H18S/c1-3-15-9-5-7-11-17(15)13-19-14-18-12-8-6-10-16(18)4-2/h3-12H,1-2,13-14H2. The molecule has 0 saturated heterocycles. The van der Waals surface area contributed by atoms with Crippen molar-refractivity contribution in [2.24, 2.45) is 0 Å². The maximum Gasteiger partial charge on any atom is 0.0193 e. The third-order valence-corrected chi connectivity index (χ3v) is 4.10. The highest BCUT2D eigenvalue weighted by molar-refractivity contribution is 7.97. The Labute approximate surface area is 119 Å². The van der Waals surface area contributed by atoms with Gasteiger partial charge in [0.05, 0.1) is 0 Å². The number of thioether (sulfide) groups is 1. The van der Waals surface area contributed by atoms with Crippen LogP contribution in [0.4, 0.5) is 0 Å². The van der Waals surface area contributed by atoms with Crippen molar-refractivity contribution < 1.29 is 0 Å². The summed E-state index contributed by atoms with van der Waals surface area (Å²) in [5.41, 5.74) is 5.15. The highest BCUT2D eigenvalue weighted by Gasteiger charge is 2.01. The predicted molar refractivity (Wildman–Crippen MR) is 88.1 cm³/mol. The SMILES string of the molecule is C=Cc1ccccc1CSCc1ccccc1C=C. The van der Waals surface area contributed by atoms with E-state index in [0.29, 0.717) is 0 Å². The van der Waals surface area contributed by atoms with Crippen molar-refractivity contribution in [2.75, 3.05) is 0 Å². The van der Waals surface area contributed by atoms with E-state index in [9.17, 15) is 0 Å². The molecule has 0 aliphatic rings. The normalized spacial score (nSPS) is 10.1. The van der Waals surface area contributed by atoms with Gasteiger partial charge in [0.1, 0.15) is 0 Å². The van der Waals surface area contributed by atoms with Gasteiger partial charge in [0, 0.05) is 11.5 Å². The van der Waals surface area contributed by atoms with E-state index in [2.05, 4.69) is 61.7 Å². The molecule has 2 rings (SSSR count). The molecule has 0 N–H and O–H groups in total. The van der Waals surface area contributed by atoms with Crippen LogP contribution < -0.4 is 0 Å². The second kappa shape index (κ2) is 7.01. The summed E-state index contributed by atoms with van der Waals surface area (Å²) in [6.45, 7) is 7.73. The first kappa shape index (κ1) is 13.7. The molecule has 0 aliphatic heterocycles. The van der Waals surface area contributed by atoms with Crippen molar-refractivity contribution in [3.8, 4) is 0 Å². The molecule has 0 aliphatic carbocycles. The molecule has 96 valence electrons. The molecule has 0 saturated carbocycles. The summed E-state index contributed by atoms with van der Waals surface area (Å²) in [5.74, 6) is 2.02. The van der Waals surface area contributed by atoms with E-state index in [1.807, 2.05) is 23.9 Å². The number of benzene rings is 2. The van der Waals surface area contributed by atoms with Crippen LogP contribution in [0.15, 0.2) is 61.7 Å². The van der Waals surface area contributed by atoms with Gasteiger partial charge in [-0.15, -0.1) is 0 Å². The molecule has 1 heteroatoms. The van der Waals surface area contributed by atoms with Gasteiger partial charge in [0.15, 0.2) is 0 Å². The zero-order valence-corrected chi connectivity index (χ0v) is 11.8. The van der Waals surface area contributed by atoms with E-state index in [0.717, 1.165) is 11.5 Å². The first-order chi connectivity index (χ1) is 9.35. The maximum atomic E-state index is 3.86. The monoisotopic (exact) mass is 266 g/mol. The Morgan fingerprint density at radius 2 is 1.16 bits per heavy atom. The molecule has 2 aromatic rings. The summed E-state index contributed by atoms with van der Waals surface area (Å²) in [7, 11) is 0. The molecule has 19 heavy (non-hydrogen) atoms. The lowest BCUT2D eigenvalue weighted by molar-refractivity contribution is 1.34. The quantitative estimate of drug-likeness (QED) is 0.674. The summed E-state index contributed by atoms with van der Waals surface area (Å²) >= 11 is 1.92. The van der Waals surface area contributed by atoms with Crippen LogP contribution in [-0.2, 0) is 11.5 Å². The zero-order valence-electron chi connectivity index (χ0n) is 11.0. The first-order valence-electron chi connectivity index (χ1n) is 6.33. The number of hydrogen-bond acceptors (Lipinski definition) is 1. The minimum absolute atomic E-state index is 1.01. The largest absolute Gasteiger partial charge is 0.152 e. The fourth-order valence-electron chi connectivity index (χ4n) is 2.00. The van der Waals surface area contributed by atoms with Crippen molar-refractivity contribution in [1.29, 1.82) is 0 Å². The van der Waals surface area contributed by atoms with Crippen molar-refractivity contribution in [3.05, 3.63) is 83.9 Å². The van der Waals surface area contributed by atoms with Gasteiger partial charge in [-0.2, -0.15) is 11.8 Å². The second-order valence-electron chi connectivity index (χ2n) is 4.30. The lowest BCUT2D eigenvalue weighted by Crippen LogP contribution is -1.89. The smallest absolute Gasteiger partial charge is 0.0193 e. The molecule has 0 bridgehead atoms. The zero-order chi connectivity index (χ0) is 13.5. The molecule has 0 aromatic heterocycles. The lowest BCUT2D eigenvalue weighted by Gasteiger charge is -2.08. The first-order valence-corrected chi connectivity index (χ1v) is 7.49. The minimum Gasteiger partial charge on any atom is -0.152 e. The fraction of sp³-hybridized carbons (Fsp3) is 0.111. The predicted octanol–water partition coefficient (Wildman–Crippen LogP) is 5.41. The van der Waals surface area contributed by atoms with Crippen LogP contribution in [0, 0.1) is 0 Å². The summed E-state index contributed by atoms with van der Waals surface area (Å²) in [6, 6.07) is 16.8. The van der Waals surface area contributed by atoms with Crippen LogP contribution in [0.25, 0.3) is 12.2 Å². The van der Waals surface area contributed by atoms with Crippen LogP contribution in [0.5, 0.6) is 0 Å². The molecule has 0 spiro atoms. The van der Waals surface area contributed by atoms with Crippen molar-refractivity contribution in [3.63, 3.8) is 0 Å². The van der Waals surface area contributed by atoms with Gasteiger partial charge in [-0.25, -0.2) is 0 Å². The topological polar surface area (TPSA) is 0 Å². The van der Waals surface area contributed by atoms with Gasteiger partial charge in [-0.05, 0) is 22.3 Å². The molecule has 0 atom stereocenters. The number of hydrogen-bond donors (Lipinski definition) is 0. The number of rotatable bonds is 6. The van der Waals surface area contributed by atoms with E-state index in [4.69, 9.17) is 0 Å². The Bertz CT molecular complexity index is 518. The van der Waals surface area contributed by atoms with E-state index in [-0.39, 0.29) is 0 Å². The van der Waals surface area contributed by atoms with Gasteiger partial charge in [-0.1, -0.05) is 73.8 Å². The average molecular weight is 266 g/mol. The molecule has 2 aromatic carbocycles.